The van der Waals surface area contributed by atoms with Gasteiger partial charge in [-0.1, -0.05) is 48.8 Å². The lowest BCUT2D eigenvalue weighted by atomic mass is 10.2. The number of nitrogens with two attached hydrogens (primary N) is 1. The summed E-state index contributed by atoms with van der Waals surface area (Å²) >= 11 is 13.6. The molecule has 1 heterocycles. The monoisotopic (exact) mass is 302 g/mol. The number of nitrogen functional groups attached to an aromatic ring is 1. The Labute approximate surface area is 119 Å². The molecule has 4 nitrogen and oxygen atoms in total. The molecule has 0 atom stereocenters. The SMILES string of the molecule is CC(C)Sc1nnc(-c2cc(Cl)ccc2Cl)n1N. The fourth-order valence-corrected chi connectivity index (χ4v) is 2.50. The molecule has 18 heavy (non-hydrogen) atoms. The number of hydrogen-bond acceptors (Lipinski definition) is 4. The van der Waals surface area contributed by atoms with Crippen molar-refractivity contribution in [3.8, 4) is 11.4 Å². The predicted molar refractivity (Wildman–Crippen MR) is 76.6 cm³/mol. The molecule has 0 unspecified atom stereocenters. The molecule has 2 rings (SSSR count). The first-order valence-corrected chi connectivity index (χ1v) is 6.95. The zero-order valence-electron chi connectivity index (χ0n) is 9.89. The summed E-state index contributed by atoms with van der Waals surface area (Å²) in [5, 5.41) is 10.3. The molecule has 0 bridgehead atoms. The summed E-state index contributed by atoms with van der Waals surface area (Å²) in [5.41, 5.74) is 0.676. The van der Waals surface area contributed by atoms with E-state index in [0.717, 1.165) is 0 Å². The zero-order valence-corrected chi connectivity index (χ0v) is 12.2. The number of aromatic nitrogens is 3. The maximum Gasteiger partial charge on any atom is 0.210 e. The van der Waals surface area contributed by atoms with Crippen molar-refractivity contribution in [1.29, 1.82) is 0 Å². The first kappa shape index (κ1) is 13.5. The smallest absolute Gasteiger partial charge is 0.210 e. The molecule has 2 N–H and O–H groups in total. The third kappa shape index (κ3) is 2.74. The highest BCUT2D eigenvalue weighted by molar-refractivity contribution is 7.99. The highest BCUT2D eigenvalue weighted by Gasteiger charge is 2.15. The molecule has 0 spiro atoms. The van der Waals surface area contributed by atoms with Gasteiger partial charge in [-0.05, 0) is 18.2 Å². The van der Waals surface area contributed by atoms with Crippen molar-refractivity contribution in [1.82, 2.24) is 14.9 Å². The van der Waals surface area contributed by atoms with Crippen LogP contribution in [-0.4, -0.2) is 20.1 Å². The van der Waals surface area contributed by atoms with Crippen LogP contribution in [0.25, 0.3) is 11.4 Å². The first-order valence-electron chi connectivity index (χ1n) is 5.31. The average molecular weight is 303 g/mol. The molecule has 0 amide bonds. The third-order valence-corrected chi connectivity index (χ3v) is 3.70. The fraction of sp³-hybridized carbons (Fsp3) is 0.273. The van der Waals surface area contributed by atoms with Gasteiger partial charge in [-0.2, -0.15) is 0 Å². The Morgan fingerprint density at radius 2 is 2.00 bits per heavy atom. The molecule has 0 radical (unpaired) electrons. The summed E-state index contributed by atoms with van der Waals surface area (Å²) in [4.78, 5) is 0. The van der Waals surface area contributed by atoms with E-state index in [2.05, 4.69) is 24.0 Å². The van der Waals surface area contributed by atoms with Crippen LogP contribution >= 0.6 is 35.0 Å². The molecule has 96 valence electrons. The summed E-state index contributed by atoms with van der Waals surface area (Å²) in [6.07, 6.45) is 0. The molecule has 0 saturated carbocycles. The van der Waals surface area contributed by atoms with E-state index in [4.69, 9.17) is 29.0 Å². The second-order valence-electron chi connectivity index (χ2n) is 3.97. The Balaban J connectivity index is 2.45. The van der Waals surface area contributed by atoms with E-state index in [-0.39, 0.29) is 0 Å². The minimum absolute atomic E-state index is 0.374. The van der Waals surface area contributed by atoms with Crippen LogP contribution in [-0.2, 0) is 0 Å². The highest BCUT2D eigenvalue weighted by atomic mass is 35.5. The highest BCUT2D eigenvalue weighted by Crippen LogP contribution is 2.31. The topological polar surface area (TPSA) is 56.7 Å². The minimum atomic E-state index is 0.374. The summed E-state index contributed by atoms with van der Waals surface area (Å²) in [5.74, 6) is 6.48. The van der Waals surface area contributed by atoms with E-state index in [1.54, 1.807) is 18.2 Å². The summed E-state index contributed by atoms with van der Waals surface area (Å²) in [6, 6.07) is 5.15. The fourth-order valence-electron chi connectivity index (χ4n) is 1.42. The predicted octanol–water partition coefficient (Wildman–Crippen LogP) is 3.47. The molecular formula is C11H12Cl2N4S. The van der Waals surface area contributed by atoms with Gasteiger partial charge in [0.15, 0.2) is 5.82 Å². The molecule has 0 aliphatic heterocycles. The molecule has 0 aliphatic rings. The van der Waals surface area contributed by atoms with Gasteiger partial charge in [0, 0.05) is 15.8 Å². The second kappa shape index (κ2) is 5.38. The van der Waals surface area contributed by atoms with Gasteiger partial charge < -0.3 is 5.84 Å². The largest absolute Gasteiger partial charge is 0.335 e. The molecule has 1 aromatic heterocycles. The quantitative estimate of drug-likeness (QED) is 0.697. The Morgan fingerprint density at radius 1 is 1.28 bits per heavy atom. The molecule has 7 heteroatoms. The zero-order chi connectivity index (χ0) is 13.3. The van der Waals surface area contributed by atoms with Crippen molar-refractivity contribution in [2.45, 2.75) is 24.3 Å². The number of hydrogen-bond donors (Lipinski definition) is 1. The standard InChI is InChI=1S/C11H12Cl2N4S/c1-6(2)18-11-16-15-10(17(11)14)8-5-7(12)3-4-9(8)13/h3-6H,14H2,1-2H3. The van der Waals surface area contributed by atoms with Crippen LogP contribution in [0.5, 0.6) is 0 Å². The molecule has 0 saturated heterocycles. The van der Waals surface area contributed by atoms with Crippen LogP contribution in [0.1, 0.15) is 13.8 Å². The van der Waals surface area contributed by atoms with Crippen molar-refractivity contribution < 1.29 is 0 Å². The van der Waals surface area contributed by atoms with Crippen molar-refractivity contribution in [3.63, 3.8) is 0 Å². The van der Waals surface area contributed by atoms with Gasteiger partial charge in [-0.15, -0.1) is 10.2 Å². The molecular weight excluding hydrogens is 291 g/mol. The average Bonchev–Trinajstić information content (AvgIpc) is 2.64. The number of benzene rings is 1. The molecule has 1 aromatic carbocycles. The summed E-state index contributed by atoms with van der Waals surface area (Å²) in [7, 11) is 0. The van der Waals surface area contributed by atoms with E-state index in [0.29, 0.717) is 31.8 Å². The lowest BCUT2D eigenvalue weighted by Crippen LogP contribution is -2.12. The Bertz CT molecular complexity index is 568. The van der Waals surface area contributed by atoms with Gasteiger partial charge in [0.05, 0.1) is 5.02 Å². The Morgan fingerprint density at radius 3 is 2.67 bits per heavy atom. The maximum absolute atomic E-state index is 6.12. The number of rotatable bonds is 3. The Kier molecular flexibility index (Phi) is 4.04. The van der Waals surface area contributed by atoms with Crippen molar-refractivity contribution in [3.05, 3.63) is 28.2 Å². The second-order valence-corrected chi connectivity index (χ2v) is 6.35. The van der Waals surface area contributed by atoms with E-state index < -0.39 is 0 Å². The number of thioether (sulfide) groups is 1. The van der Waals surface area contributed by atoms with Crippen LogP contribution in [0.2, 0.25) is 10.0 Å². The number of nitrogens with zero attached hydrogens (tertiary/aromatic N) is 3. The Hall–Kier alpha value is -0.910. The van der Waals surface area contributed by atoms with E-state index in [1.165, 1.54) is 16.4 Å². The van der Waals surface area contributed by atoms with Crippen LogP contribution in [0.4, 0.5) is 0 Å². The molecule has 2 aromatic rings. The minimum Gasteiger partial charge on any atom is -0.335 e. The van der Waals surface area contributed by atoms with Crippen LogP contribution in [0, 0.1) is 0 Å². The van der Waals surface area contributed by atoms with Crippen molar-refractivity contribution in [2.75, 3.05) is 5.84 Å². The molecule has 0 aliphatic carbocycles. The third-order valence-electron chi connectivity index (χ3n) is 2.17. The van der Waals surface area contributed by atoms with Gasteiger partial charge in [0.1, 0.15) is 0 Å². The van der Waals surface area contributed by atoms with Gasteiger partial charge >= 0.3 is 0 Å². The van der Waals surface area contributed by atoms with Gasteiger partial charge in [-0.3, -0.25) is 0 Å². The van der Waals surface area contributed by atoms with Crippen LogP contribution in [0.3, 0.4) is 0 Å². The van der Waals surface area contributed by atoms with Gasteiger partial charge in [0.25, 0.3) is 0 Å². The lowest BCUT2D eigenvalue weighted by Gasteiger charge is -2.06. The lowest BCUT2D eigenvalue weighted by molar-refractivity contribution is 0.844. The first-order chi connectivity index (χ1) is 8.49. The van der Waals surface area contributed by atoms with Crippen molar-refractivity contribution in [2.24, 2.45) is 0 Å². The summed E-state index contributed by atoms with van der Waals surface area (Å²) in [6.45, 7) is 4.12. The van der Waals surface area contributed by atoms with Crippen LogP contribution in [0.15, 0.2) is 23.4 Å². The van der Waals surface area contributed by atoms with Crippen molar-refractivity contribution >= 4 is 35.0 Å². The van der Waals surface area contributed by atoms with Gasteiger partial charge in [-0.25, -0.2) is 4.68 Å². The van der Waals surface area contributed by atoms with Gasteiger partial charge in [0.2, 0.25) is 5.16 Å². The van der Waals surface area contributed by atoms with Crippen LogP contribution < -0.4 is 5.84 Å². The van der Waals surface area contributed by atoms with E-state index in [9.17, 15) is 0 Å². The summed E-state index contributed by atoms with van der Waals surface area (Å²) < 4.78 is 1.43. The normalized spacial score (nSPS) is 11.2. The molecule has 0 fully saturated rings. The van der Waals surface area contributed by atoms with E-state index >= 15 is 0 Å². The number of halogens is 2. The van der Waals surface area contributed by atoms with E-state index in [1.807, 2.05) is 0 Å². The maximum atomic E-state index is 6.12.